The van der Waals surface area contributed by atoms with E-state index in [2.05, 4.69) is 10.3 Å². The first-order valence-corrected chi connectivity index (χ1v) is 11.0. The summed E-state index contributed by atoms with van der Waals surface area (Å²) in [5.74, 6) is -1.82. The van der Waals surface area contributed by atoms with E-state index in [0.29, 0.717) is 12.2 Å². The summed E-state index contributed by atoms with van der Waals surface area (Å²) in [7, 11) is 0. The van der Waals surface area contributed by atoms with Crippen molar-refractivity contribution in [2.75, 3.05) is 6.61 Å². The summed E-state index contributed by atoms with van der Waals surface area (Å²) in [5, 5.41) is 12.6. The zero-order valence-corrected chi connectivity index (χ0v) is 19.9. The molecule has 0 saturated carbocycles. The maximum atomic E-state index is 13.9. The molecule has 0 fully saturated rings. The quantitative estimate of drug-likeness (QED) is 0.449. The number of aliphatic carboxylic acids is 1. The van der Waals surface area contributed by atoms with Gasteiger partial charge in [-0.3, -0.25) is 15.1 Å². The van der Waals surface area contributed by atoms with Gasteiger partial charge in [-0.05, 0) is 37.5 Å². The van der Waals surface area contributed by atoms with Gasteiger partial charge in [0.05, 0.1) is 17.3 Å². The van der Waals surface area contributed by atoms with Gasteiger partial charge >= 0.3 is 12.1 Å². The van der Waals surface area contributed by atoms with Crippen LogP contribution in [0.25, 0.3) is 17.0 Å². The van der Waals surface area contributed by atoms with Gasteiger partial charge in [-0.15, -0.1) is 0 Å². The minimum Gasteiger partial charge on any atom is -0.480 e. The number of nitrogens with one attached hydrogen (secondary N) is 1. The van der Waals surface area contributed by atoms with E-state index in [1.165, 1.54) is 19.9 Å². The number of rotatable bonds is 10. The van der Waals surface area contributed by atoms with E-state index in [4.69, 9.17) is 4.74 Å². The summed E-state index contributed by atoms with van der Waals surface area (Å²) in [6.45, 7) is 10.4. The van der Waals surface area contributed by atoms with Crippen molar-refractivity contribution in [1.82, 2.24) is 10.3 Å². The number of pyridine rings is 1. The Hall–Kier alpha value is -2.45. The van der Waals surface area contributed by atoms with E-state index in [-0.39, 0.29) is 6.10 Å². The van der Waals surface area contributed by atoms with E-state index in [9.17, 15) is 23.1 Å². The Labute approximate surface area is 193 Å². The second-order valence-corrected chi connectivity index (χ2v) is 9.14. The van der Waals surface area contributed by atoms with Gasteiger partial charge in [0.2, 0.25) is 0 Å². The lowest BCUT2D eigenvalue weighted by Gasteiger charge is -2.36. The molecular weight excluding hydrogens is 433 g/mol. The zero-order chi connectivity index (χ0) is 25.0. The normalized spacial score (nSPS) is 15.8. The van der Waals surface area contributed by atoms with Crippen LogP contribution in [0, 0.1) is 11.3 Å². The fourth-order valence-electron chi connectivity index (χ4n) is 3.68. The molecule has 1 aromatic heterocycles. The number of hydrogen-bond donors (Lipinski definition) is 2. The molecule has 2 rings (SSSR count). The Morgan fingerprint density at radius 3 is 2.36 bits per heavy atom. The first-order valence-electron chi connectivity index (χ1n) is 11.0. The topological polar surface area (TPSA) is 71.5 Å². The Bertz CT molecular complexity index is 987. The third-order valence-electron chi connectivity index (χ3n) is 5.63. The number of carbonyl (C=O) groups is 1. The Morgan fingerprint density at radius 1 is 1.18 bits per heavy atom. The molecular formula is C25H33F3N2O3. The molecule has 1 heterocycles. The number of carboxylic acids is 1. The number of ether oxygens (including phenoxy) is 1. The maximum Gasteiger partial charge on any atom is 0.404 e. The molecule has 5 nitrogen and oxygen atoms in total. The molecule has 182 valence electrons. The van der Waals surface area contributed by atoms with Gasteiger partial charge in [0, 0.05) is 17.4 Å². The Kier molecular flexibility index (Phi) is 8.65. The largest absolute Gasteiger partial charge is 0.480 e. The third kappa shape index (κ3) is 7.01. The second kappa shape index (κ2) is 10.7. The third-order valence-corrected chi connectivity index (χ3v) is 5.63. The molecule has 2 N–H and O–H groups in total. The number of halogens is 3. The van der Waals surface area contributed by atoms with Gasteiger partial charge in [0.1, 0.15) is 12.1 Å². The van der Waals surface area contributed by atoms with E-state index >= 15 is 0 Å². The standard InChI is InChI=1S/C25H33F3N2O3/c1-7-33-16(4)19-11-10-18-9-8-17(14-20(18)29-19)12-13-24(5,6)23(25(26,27)28)30-21(15(2)3)22(31)32/h8-16,21,23,30H,7H2,1-6H3,(H,31,32)/b13-12+/t16-,21+,23-/m1/s1. The van der Waals surface area contributed by atoms with Crippen molar-refractivity contribution < 1.29 is 27.8 Å². The highest BCUT2D eigenvalue weighted by Gasteiger charge is 2.49. The average Bonchev–Trinajstić information content (AvgIpc) is 2.70. The number of benzene rings is 1. The minimum absolute atomic E-state index is 0.167. The summed E-state index contributed by atoms with van der Waals surface area (Å²) in [6, 6.07) is 5.96. The first-order chi connectivity index (χ1) is 15.3. The molecule has 33 heavy (non-hydrogen) atoms. The zero-order valence-electron chi connectivity index (χ0n) is 19.9. The van der Waals surface area contributed by atoms with E-state index in [1.54, 1.807) is 19.9 Å². The van der Waals surface area contributed by atoms with Gasteiger partial charge in [-0.1, -0.05) is 58.0 Å². The first kappa shape index (κ1) is 26.8. The van der Waals surface area contributed by atoms with Crippen LogP contribution in [0.3, 0.4) is 0 Å². The summed E-state index contributed by atoms with van der Waals surface area (Å²) < 4.78 is 47.3. The lowest BCUT2D eigenvalue weighted by atomic mass is 9.82. The molecule has 0 unspecified atom stereocenters. The van der Waals surface area contributed by atoms with E-state index in [0.717, 1.165) is 16.6 Å². The number of carboxylic acid groups (broad SMARTS) is 1. The molecule has 1 aromatic carbocycles. The van der Waals surface area contributed by atoms with Gasteiger partial charge < -0.3 is 9.84 Å². The van der Waals surface area contributed by atoms with Gasteiger partial charge in [-0.2, -0.15) is 13.2 Å². The monoisotopic (exact) mass is 466 g/mol. The lowest BCUT2D eigenvalue weighted by Crippen LogP contribution is -2.58. The van der Waals surface area contributed by atoms with Crippen molar-refractivity contribution >= 4 is 22.9 Å². The van der Waals surface area contributed by atoms with E-state index < -0.39 is 35.6 Å². The molecule has 0 aliphatic carbocycles. The average molecular weight is 467 g/mol. The van der Waals surface area contributed by atoms with Crippen LogP contribution in [0.15, 0.2) is 36.4 Å². The number of fused-ring (bicyclic) bond motifs is 1. The SMILES string of the molecule is CCO[C@H](C)c1ccc2ccc(/C=C/C(C)(C)[C@@H](N[C@H](C(=O)O)C(C)C)C(F)(F)F)cc2n1. The van der Waals surface area contributed by atoms with Crippen molar-refractivity contribution in [3.8, 4) is 0 Å². The van der Waals surface area contributed by atoms with Crippen molar-refractivity contribution in [2.45, 2.75) is 65.9 Å². The van der Waals surface area contributed by atoms with Gasteiger partial charge in [-0.25, -0.2) is 0 Å². The van der Waals surface area contributed by atoms with Crippen LogP contribution < -0.4 is 5.32 Å². The van der Waals surface area contributed by atoms with Crippen LogP contribution in [0.5, 0.6) is 0 Å². The van der Waals surface area contributed by atoms with Gasteiger partial charge in [0.15, 0.2) is 0 Å². The molecule has 0 spiro atoms. The fraction of sp³-hybridized carbons (Fsp3) is 0.520. The minimum atomic E-state index is -4.63. The Balaban J connectivity index is 2.35. The van der Waals surface area contributed by atoms with Crippen LogP contribution in [0.4, 0.5) is 13.2 Å². The molecule has 3 atom stereocenters. The number of nitrogens with zero attached hydrogens (tertiary/aromatic N) is 1. The highest BCUT2D eigenvalue weighted by molar-refractivity contribution is 5.81. The molecule has 0 bridgehead atoms. The molecule has 8 heteroatoms. The summed E-state index contributed by atoms with van der Waals surface area (Å²) in [5.41, 5.74) is 0.786. The summed E-state index contributed by atoms with van der Waals surface area (Å²) >= 11 is 0. The van der Waals surface area contributed by atoms with Crippen molar-refractivity contribution in [2.24, 2.45) is 11.3 Å². The fourth-order valence-corrected chi connectivity index (χ4v) is 3.68. The van der Waals surface area contributed by atoms with Gasteiger partial charge in [0.25, 0.3) is 0 Å². The predicted octanol–water partition coefficient (Wildman–Crippen LogP) is 6.00. The highest BCUT2D eigenvalue weighted by Crippen LogP contribution is 2.36. The molecule has 2 aromatic rings. The van der Waals surface area contributed by atoms with Crippen LogP contribution in [-0.2, 0) is 9.53 Å². The predicted molar refractivity (Wildman–Crippen MR) is 124 cm³/mol. The van der Waals surface area contributed by atoms with Crippen molar-refractivity contribution in [3.05, 3.63) is 47.7 Å². The second-order valence-electron chi connectivity index (χ2n) is 9.14. The van der Waals surface area contributed by atoms with Crippen molar-refractivity contribution in [3.63, 3.8) is 0 Å². The van der Waals surface area contributed by atoms with Crippen LogP contribution >= 0.6 is 0 Å². The Morgan fingerprint density at radius 2 is 1.82 bits per heavy atom. The molecule has 0 amide bonds. The van der Waals surface area contributed by atoms with Crippen molar-refractivity contribution in [1.29, 1.82) is 0 Å². The number of alkyl halides is 3. The van der Waals surface area contributed by atoms with Crippen LogP contribution in [0.2, 0.25) is 0 Å². The molecule has 0 saturated heterocycles. The number of hydrogen-bond acceptors (Lipinski definition) is 4. The lowest BCUT2D eigenvalue weighted by molar-refractivity contribution is -0.178. The smallest absolute Gasteiger partial charge is 0.404 e. The summed E-state index contributed by atoms with van der Waals surface area (Å²) in [6.07, 6.45) is -1.72. The highest BCUT2D eigenvalue weighted by atomic mass is 19.4. The number of aromatic nitrogens is 1. The van der Waals surface area contributed by atoms with E-state index in [1.807, 2.05) is 44.2 Å². The van der Waals surface area contributed by atoms with Crippen LogP contribution in [0.1, 0.15) is 58.9 Å². The molecule has 0 aliphatic rings. The van der Waals surface area contributed by atoms with Crippen LogP contribution in [-0.4, -0.2) is 40.9 Å². The molecule has 0 radical (unpaired) electrons. The molecule has 0 aliphatic heterocycles. The summed E-state index contributed by atoms with van der Waals surface area (Å²) in [4.78, 5) is 16.1. The maximum absolute atomic E-state index is 13.9.